The van der Waals surface area contributed by atoms with Gasteiger partial charge in [-0.15, -0.1) is 0 Å². The summed E-state index contributed by atoms with van der Waals surface area (Å²) in [6.07, 6.45) is 16.1. The van der Waals surface area contributed by atoms with Gasteiger partial charge in [-0.3, -0.25) is 0 Å². The van der Waals surface area contributed by atoms with Crippen molar-refractivity contribution in [2.24, 2.45) is 5.41 Å². The van der Waals surface area contributed by atoms with Gasteiger partial charge in [0.1, 0.15) is 11.9 Å². The Balaban J connectivity index is 1.79. The van der Waals surface area contributed by atoms with Gasteiger partial charge in [0.25, 0.3) is 0 Å². The quantitative estimate of drug-likeness (QED) is 0.836. The van der Waals surface area contributed by atoms with E-state index in [2.05, 4.69) is 23.4 Å². The summed E-state index contributed by atoms with van der Waals surface area (Å²) in [5, 5.41) is 9.25. The first-order valence-corrected chi connectivity index (χ1v) is 8.01. The van der Waals surface area contributed by atoms with E-state index in [0.29, 0.717) is 0 Å². The molecule has 2 fully saturated rings. The zero-order chi connectivity index (χ0) is 13.6. The topological polar surface area (TPSA) is 32.7 Å². The molecule has 108 valence electrons. The third kappa shape index (κ3) is 1.69. The predicted octanol–water partition coefficient (Wildman–Crippen LogP) is 3.44. The minimum Gasteiger partial charge on any atom is -0.492 e. The maximum atomic E-state index is 9.25. The van der Waals surface area contributed by atoms with E-state index < -0.39 is 0 Å². The van der Waals surface area contributed by atoms with Gasteiger partial charge < -0.3 is 14.7 Å². The van der Waals surface area contributed by atoms with E-state index in [0.717, 1.165) is 25.7 Å². The van der Waals surface area contributed by atoms with E-state index in [4.69, 9.17) is 4.74 Å². The Morgan fingerprint density at radius 1 is 1.35 bits per heavy atom. The van der Waals surface area contributed by atoms with Crippen molar-refractivity contribution >= 4 is 0 Å². The first-order valence-electron chi connectivity index (χ1n) is 8.01. The highest BCUT2D eigenvalue weighted by atomic mass is 16.5. The predicted molar refractivity (Wildman–Crippen MR) is 77.4 cm³/mol. The van der Waals surface area contributed by atoms with Crippen LogP contribution in [0.2, 0.25) is 0 Å². The Hall–Kier alpha value is -1.22. The van der Waals surface area contributed by atoms with E-state index >= 15 is 0 Å². The third-order valence-electron chi connectivity index (χ3n) is 5.34. The van der Waals surface area contributed by atoms with Crippen LogP contribution in [0.3, 0.4) is 0 Å². The van der Waals surface area contributed by atoms with Crippen LogP contribution in [0, 0.1) is 5.41 Å². The molecule has 0 bridgehead atoms. The highest BCUT2D eigenvalue weighted by Gasteiger charge is 2.52. The van der Waals surface area contributed by atoms with Crippen molar-refractivity contribution < 1.29 is 9.84 Å². The lowest BCUT2D eigenvalue weighted by atomic mass is 9.65. The third-order valence-corrected chi connectivity index (χ3v) is 5.34. The monoisotopic (exact) mass is 273 g/mol. The zero-order valence-corrected chi connectivity index (χ0v) is 12.0. The summed E-state index contributed by atoms with van der Waals surface area (Å²) in [5.74, 6) is 1.25. The molecule has 3 aliphatic heterocycles. The van der Waals surface area contributed by atoms with E-state index in [-0.39, 0.29) is 18.1 Å². The number of hydrogen-bond donors (Lipinski definition) is 1. The van der Waals surface area contributed by atoms with E-state index in [1.165, 1.54) is 37.1 Å². The summed E-state index contributed by atoms with van der Waals surface area (Å²) in [4.78, 5) is 2.29. The summed E-state index contributed by atoms with van der Waals surface area (Å²) >= 11 is 0. The molecule has 1 N–H and O–H groups in total. The smallest absolute Gasteiger partial charge is 0.126 e. The second-order valence-electron chi connectivity index (χ2n) is 6.51. The molecule has 3 heteroatoms. The average molecular weight is 273 g/mol. The van der Waals surface area contributed by atoms with Crippen molar-refractivity contribution in [3.8, 4) is 0 Å². The molecule has 1 saturated carbocycles. The number of aliphatic hydroxyl groups excluding tert-OH is 1. The van der Waals surface area contributed by atoms with Crippen molar-refractivity contribution in [3.63, 3.8) is 0 Å². The lowest BCUT2D eigenvalue weighted by Gasteiger charge is -2.43. The van der Waals surface area contributed by atoms with Gasteiger partial charge in [0, 0.05) is 31.8 Å². The molecule has 2 unspecified atom stereocenters. The summed E-state index contributed by atoms with van der Waals surface area (Å²) in [6, 6.07) is 0. The van der Waals surface area contributed by atoms with Gasteiger partial charge in [0.2, 0.25) is 0 Å². The molecule has 3 nitrogen and oxygen atoms in total. The molecule has 0 radical (unpaired) electrons. The number of allylic oxidation sites excluding steroid dienone is 3. The molecule has 0 aromatic rings. The molecular weight excluding hydrogens is 250 g/mol. The Morgan fingerprint density at radius 2 is 2.30 bits per heavy atom. The fourth-order valence-corrected chi connectivity index (χ4v) is 4.42. The van der Waals surface area contributed by atoms with Crippen LogP contribution in [0.1, 0.15) is 51.4 Å². The van der Waals surface area contributed by atoms with Crippen LogP contribution in [0.15, 0.2) is 35.5 Å². The average Bonchev–Trinajstić information content (AvgIpc) is 2.83. The van der Waals surface area contributed by atoms with Gasteiger partial charge >= 0.3 is 0 Å². The van der Waals surface area contributed by atoms with E-state index in [9.17, 15) is 5.11 Å². The molecular formula is C17H23NO2. The van der Waals surface area contributed by atoms with Gasteiger partial charge in [-0.05, 0) is 37.7 Å². The first kappa shape index (κ1) is 12.5. The molecule has 2 atom stereocenters. The van der Waals surface area contributed by atoms with Gasteiger partial charge in [-0.2, -0.15) is 0 Å². The lowest BCUT2D eigenvalue weighted by molar-refractivity contribution is 0.118. The van der Waals surface area contributed by atoms with Crippen LogP contribution in [0.5, 0.6) is 0 Å². The van der Waals surface area contributed by atoms with Crippen molar-refractivity contribution in [3.05, 3.63) is 35.5 Å². The number of rotatable bonds is 2. The SMILES string of the molecule is OCCC1CC23CCCCC2=CN2C=CCCC2=C3O1. The Morgan fingerprint density at radius 3 is 3.20 bits per heavy atom. The minimum absolute atomic E-state index is 0.176. The molecule has 4 rings (SSSR count). The summed E-state index contributed by atoms with van der Waals surface area (Å²) in [7, 11) is 0. The first-order chi connectivity index (χ1) is 9.83. The molecule has 1 spiro atoms. The summed E-state index contributed by atoms with van der Waals surface area (Å²) < 4.78 is 6.34. The van der Waals surface area contributed by atoms with Crippen molar-refractivity contribution in [2.45, 2.75) is 57.5 Å². The molecule has 20 heavy (non-hydrogen) atoms. The molecule has 0 amide bonds. The number of ether oxygens (including phenoxy) is 1. The fraction of sp³-hybridized carbons (Fsp3) is 0.647. The van der Waals surface area contributed by atoms with Crippen molar-refractivity contribution in [2.75, 3.05) is 6.61 Å². The second kappa shape index (κ2) is 4.66. The lowest BCUT2D eigenvalue weighted by Crippen LogP contribution is -2.34. The highest BCUT2D eigenvalue weighted by Crippen LogP contribution is 2.59. The standard InChI is InChI=1S/C17H23NO2/c19-10-7-14-11-17-8-3-1-5-13(17)12-18-9-4-2-6-15(18)16(17)20-14/h4,9,12,14,19H,1-3,5-8,10-11H2. The molecule has 1 saturated heterocycles. The maximum Gasteiger partial charge on any atom is 0.126 e. The minimum atomic E-state index is 0.176. The Bertz CT molecular complexity index is 505. The Kier molecular flexibility index (Phi) is 2.92. The van der Waals surface area contributed by atoms with Gasteiger partial charge in [0.15, 0.2) is 0 Å². The van der Waals surface area contributed by atoms with Crippen LogP contribution >= 0.6 is 0 Å². The van der Waals surface area contributed by atoms with Crippen molar-refractivity contribution in [1.29, 1.82) is 0 Å². The highest BCUT2D eigenvalue weighted by molar-refractivity contribution is 5.40. The number of hydrogen-bond acceptors (Lipinski definition) is 3. The molecule has 0 aromatic carbocycles. The van der Waals surface area contributed by atoms with Gasteiger partial charge in [-0.1, -0.05) is 12.5 Å². The van der Waals surface area contributed by atoms with Gasteiger partial charge in [-0.25, -0.2) is 0 Å². The molecule has 3 heterocycles. The molecule has 0 aromatic heterocycles. The number of aliphatic hydroxyl groups is 1. The zero-order valence-electron chi connectivity index (χ0n) is 12.0. The van der Waals surface area contributed by atoms with Crippen LogP contribution in [-0.4, -0.2) is 22.7 Å². The fourth-order valence-electron chi connectivity index (χ4n) is 4.42. The maximum absolute atomic E-state index is 9.25. The second-order valence-corrected chi connectivity index (χ2v) is 6.51. The van der Waals surface area contributed by atoms with Gasteiger partial charge in [0.05, 0.1) is 11.1 Å². The molecule has 4 aliphatic rings. The summed E-state index contributed by atoms with van der Waals surface area (Å²) in [6.45, 7) is 0.228. The van der Waals surface area contributed by atoms with Crippen molar-refractivity contribution in [1.82, 2.24) is 4.90 Å². The van der Waals surface area contributed by atoms with Crippen LogP contribution < -0.4 is 0 Å². The number of fused-ring (bicyclic) bond motifs is 1. The van der Waals surface area contributed by atoms with Crippen LogP contribution in [0.4, 0.5) is 0 Å². The van der Waals surface area contributed by atoms with Crippen LogP contribution in [0.25, 0.3) is 0 Å². The van der Waals surface area contributed by atoms with Crippen LogP contribution in [-0.2, 0) is 4.74 Å². The largest absolute Gasteiger partial charge is 0.492 e. The van der Waals surface area contributed by atoms with E-state index in [1.54, 1.807) is 5.57 Å². The Labute approximate surface area is 120 Å². The number of nitrogens with zero attached hydrogens (tertiary/aromatic N) is 1. The molecule has 1 aliphatic carbocycles. The van der Waals surface area contributed by atoms with E-state index in [1.807, 2.05) is 0 Å². The summed E-state index contributed by atoms with van der Waals surface area (Å²) in [5.41, 5.74) is 3.11. The normalized spacial score (nSPS) is 35.1.